The van der Waals surface area contributed by atoms with E-state index in [0.717, 1.165) is 80.0 Å². The van der Waals surface area contributed by atoms with E-state index in [9.17, 15) is 4.79 Å². The summed E-state index contributed by atoms with van der Waals surface area (Å²) >= 11 is 6.36. The van der Waals surface area contributed by atoms with Crippen molar-refractivity contribution in [2.75, 3.05) is 49.1 Å². The number of anilines is 2. The molecule has 0 atom stereocenters. The third-order valence-corrected chi connectivity index (χ3v) is 7.10. The molecule has 182 valence electrons. The lowest BCUT2D eigenvalue weighted by Gasteiger charge is -2.39. The second-order valence-electron chi connectivity index (χ2n) is 9.13. The van der Waals surface area contributed by atoms with Crippen molar-refractivity contribution in [2.24, 2.45) is 5.92 Å². The number of hydrogen-bond acceptors (Lipinski definition) is 6. The maximum Gasteiger partial charge on any atom is 0.263 e. The first-order valence-corrected chi connectivity index (χ1v) is 12.5. The summed E-state index contributed by atoms with van der Waals surface area (Å²) in [4.78, 5) is 28.7. The number of aryl methyl sites for hydroxylation is 1. The standard InChI is InChI=1S/C27H30ClN5O2/c1-20-5-4-6-22(19-20)35-26-25(29-11-12-30-26)32-13-9-21(10-14-32)27(34)33-17-15-31(16-18-33)24-8-3-2-7-23(24)28/h2-8,11-12,19,21H,9-10,13-18H2,1H3. The highest BCUT2D eigenvalue weighted by atomic mass is 35.5. The fourth-order valence-electron chi connectivity index (χ4n) is 4.87. The first-order chi connectivity index (χ1) is 17.1. The summed E-state index contributed by atoms with van der Waals surface area (Å²) in [5, 5.41) is 0.759. The van der Waals surface area contributed by atoms with Crippen LogP contribution in [0.1, 0.15) is 18.4 Å². The number of benzene rings is 2. The SMILES string of the molecule is Cc1cccc(Oc2nccnc2N2CCC(C(=O)N3CCN(c4ccccc4Cl)CC3)CC2)c1. The Bertz CT molecular complexity index is 1170. The Hall–Kier alpha value is -3.32. The molecule has 0 unspecified atom stereocenters. The normalized spacial score (nSPS) is 16.9. The number of carbonyl (C=O) groups is 1. The number of carbonyl (C=O) groups excluding carboxylic acids is 1. The maximum atomic E-state index is 13.3. The van der Waals surface area contributed by atoms with Gasteiger partial charge in [-0.15, -0.1) is 0 Å². The van der Waals surface area contributed by atoms with Gasteiger partial charge >= 0.3 is 0 Å². The van der Waals surface area contributed by atoms with Crippen molar-refractivity contribution in [2.45, 2.75) is 19.8 Å². The lowest BCUT2D eigenvalue weighted by molar-refractivity contribution is -0.136. The van der Waals surface area contributed by atoms with Gasteiger partial charge in [0.2, 0.25) is 5.91 Å². The lowest BCUT2D eigenvalue weighted by atomic mass is 9.95. The number of rotatable bonds is 5. The van der Waals surface area contributed by atoms with E-state index in [2.05, 4.69) is 19.8 Å². The number of para-hydroxylation sites is 1. The number of aromatic nitrogens is 2. The molecule has 2 fully saturated rings. The Morgan fingerprint density at radius 2 is 1.66 bits per heavy atom. The summed E-state index contributed by atoms with van der Waals surface area (Å²) in [6.07, 6.45) is 4.93. The van der Waals surface area contributed by atoms with E-state index < -0.39 is 0 Å². The summed E-state index contributed by atoms with van der Waals surface area (Å²) < 4.78 is 6.06. The summed E-state index contributed by atoms with van der Waals surface area (Å²) in [6.45, 7) is 6.58. The van der Waals surface area contributed by atoms with E-state index in [-0.39, 0.29) is 11.8 Å². The Labute approximate surface area is 211 Å². The first-order valence-electron chi connectivity index (χ1n) is 12.2. The van der Waals surface area contributed by atoms with E-state index in [4.69, 9.17) is 16.3 Å². The van der Waals surface area contributed by atoms with Crippen LogP contribution in [-0.4, -0.2) is 60.0 Å². The van der Waals surface area contributed by atoms with Gasteiger partial charge in [0.15, 0.2) is 5.82 Å². The average molecular weight is 492 g/mol. The summed E-state index contributed by atoms with van der Waals surface area (Å²) in [6, 6.07) is 15.8. The average Bonchev–Trinajstić information content (AvgIpc) is 2.89. The molecule has 0 N–H and O–H groups in total. The molecule has 0 aliphatic carbocycles. The molecule has 35 heavy (non-hydrogen) atoms. The molecule has 2 saturated heterocycles. The highest BCUT2D eigenvalue weighted by molar-refractivity contribution is 6.33. The quantitative estimate of drug-likeness (QED) is 0.511. The van der Waals surface area contributed by atoms with Gasteiger partial charge in [0, 0.05) is 57.6 Å². The number of nitrogens with zero attached hydrogens (tertiary/aromatic N) is 5. The molecule has 2 aromatic carbocycles. The third kappa shape index (κ3) is 5.35. The smallest absolute Gasteiger partial charge is 0.263 e. The Morgan fingerprint density at radius 1 is 0.914 bits per heavy atom. The molecule has 0 bridgehead atoms. The first kappa shape index (κ1) is 23.4. The molecule has 2 aliphatic rings. The van der Waals surface area contributed by atoms with Gasteiger partial charge in [-0.1, -0.05) is 35.9 Å². The largest absolute Gasteiger partial charge is 0.436 e. The second-order valence-corrected chi connectivity index (χ2v) is 9.54. The fraction of sp³-hybridized carbons (Fsp3) is 0.370. The topological polar surface area (TPSA) is 61.8 Å². The van der Waals surface area contributed by atoms with Crippen LogP contribution in [0.3, 0.4) is 0 Å². The van der Waals surface area contributed by atoms with Gasteiger partial charge in [-0.25, -0.2) is 9.97 Å². The predicted molar refractivity (Wildman–Crippen MR) is 138 cm³/mol. The monoisotopic (exact) mass is 491 g/mol. The summed E-state index contributed by atoms with van der Waals surface area (Å²) in [5.41, 5.74) is 2.17. The van der Waals surface area contributed by atoms with Gasteiger partial charge in [0.1, 0.15) is 5.75 Å². The minimum absolute atomic E-state index is 0.0379. The minimum atomic E-state index is 0.0379. The van der Waals surface area contributed by atoms with Crippen molar-refractivity contribution in [3.05, 3.63) is 71.5 Å². The molecule has 7 nitrogen and oxygen atoms in total. The molecule has 0 spiro atoms. The second kappa shape index (κ2) is 10.5. The van der Waals surface area contributed by atoms with Crippen LogP contribution in [0.5, 0.6) is 11.6 Å². The molecular formula is C27H30ClN5O2. The highest BCUT2D eigenvalue weighted by Gasteiger charge is 2.32. The van der Waals surface area contributed by atoms with E-state index in [1.165, 1.54) is 0 Å². The number of amides is 1. The number of ether oxygens (including phenoxy) is 1. The minimum Gasteiger partial charge on any atom is -0.436 e. The molecular weight excluding hydrogens is 462 g/mol. The molecule has 3 heterocycles. The van der Waals surface area contributed by atoms with E-state index >= 15 is 0 Å². The number of hydrogen-bond donors (Lipinski definition) is 0. The summed E-state index contributed by atoms with van der Waals surface area (Å²) in [5.74, 6) is 2.27. The number of piperazine rings is 1. The van der Waals surface area contributed by atoms with Crippen molar-refractivity contribution >= 4 is 29.0 Å². The van der Waals surface area contributed by atoms with Crippen molar-refractivity contribution in [3.8, 4) is 11.6 Å². The van der Waals surface area contributed by atoms with Crippen LogP contribution < -0.4 is 14.5 Å². The van der Waals surface area contributed by atoms with Gasteiger partial charge in [0.25, 0.3) is 5.88 Å². The van der Waals surface area contributed by atoms with Crippen molar-refractivity contribution < 1.29 is 9.53 Å². The molecule has 5 rings (SSSR count). The Balaban J connectivity index is 1.17. The number of piperidine rings is 1. The van der Waals surface area contributed by atoms with Crippen LogP contribution in [0.15, 0.2) is 60.9 Å². The fourth-order valence-corrected chi connectivity index (χ4v) is 5.12. The molecule has 3 aromatic rings. The van der Waals surface area contributed by atoms with Gasteiger partial charge in [0.05, 0.1) is 10.7 Å². The van der Waals surface area contributed by atoms with Crippen LogP contribution in [0.2, 0.25) is 5.02 Å². The lowest BCUT2D eigenvalue weighted by Crippen LogP contribution is -2.51. The van der Waals surface area contributed by atoms with Crippen molar-refractivity contribution in [1.82, 2.24) is 14.9 Å². The highest BCUT2D eigenvalue weighted by Crippen LogP contribution is 2.32. The van der Waals surface area contributed by atoms with Crippen LogP contribution in [0.4, 0.5) is 11.5 Å². The van der Waals surface area contributed by atoms with Crippen molar-refractivity contribution in [3.63, 3.8) is 0 Å². The Kier molecular flexibility index (Phi) is 7.04. The Morgan fingerprint density at radius 3 is 2.40 bits per heavy atom. The molecule has 8 heteroatoms. The van der Waals surface area contributed by atoms with Crippen LogP contribution in [-0.2, 0) is 4.79 Å². The van der Waals surface area contributed by atoms with Crippen LogP contribution in [0, 0.1) is 12.8 Å². The molecule has 1 amide bonds. The van der Waals surface area contributed by atoms with E-state index in [1.807, 2.05) is 60.4 Å². The zero-order valence-electron chi connectivity index (χ0n) is 19.9. The molecule has 0 saturated carbocycles. The van der Waals surface area contributed by atoms with Crippen LogP contribution >= 0.6 is 11.6 Å². The number of halogens is 1. The predicted octanol–water partition coefficient (Wildman–Crippen LogP) is 4.80. The van der Waals surface area contributed by atoms with Gasteiger partial charge < -0.3 is 19.4 Å². The molecule has 2 aliphatic heterocycles. The van der Waals surface area contributed by atoms with Crippen LogP contribution in [0.25, 0.3) is 0 Å². The molecule has 0 radical (unpaired) electrons. The van der Waals surface area contributed by atoms with Gasteiger partial charge in [-0.3, -0.25) is 4.79 Å². The van der Waals surface area contributed by atoms with Gasteiger partial charge in [-0.2, -0.15) is 0 Å². The van der Waals surface area contributed by atoms with E-state index in [0.29, 0.717) is 5.88 Å². The van der Waals surface area contributed by atoms with Crippen molar-refractivity contribution in [1.29, 1.82) is 0 Å². The maximum absolute atomic E-state index is 13.3. The molecule has 1 aromatic heterocycles. The third-order valence-electron chi connectivity index (χ3n) is 6.78. The zero-order valence-corrected chi connectivity index (χ0v) is 20.7. The zero-order chi connectivity index (χ0) is 24.2. The summed E-state index contributed by atoms with van der Waals surface area (Å²) in [7, 11) is 0. The van der Waals surface area contributed by atoms with E-state index in [1.54, 1.807) is 12.4 Å². The van der Waals surface area contributed by atoms with Gasteiger partial charge in [-0.05, 0) is 49.6 Å².